The van der Waals surface area contributed by atoms with Crippen molar-refractivity contribution in [3.8, 4) is 5.75 Å². The van der Waals surface area contributed by atoms with Gasteiger partial charge in [0.15, 0.2) is 5.65 Å². The van der Waals surface area contributed by atoms with Crippen LogP contribution in [-0.4, -0.2) is 27.7 Å². The van der Waals surface area contributed by atoms with Crippen LogP contribution >= 0.6 is 15.9 Å². The van der Waals surface area contributed by atoms with Gasteiger partial charge in [-0.3, -0.25) is 0 Å². The molecule has 0 aliphatic heterocycles. The van der Waals surface area contributed by atoms with Gasteiger partial charge in [0.1, 0.15) is 12.4 Å². The monoisotopic (exact) mass is 347 g/mol. The van der Waals surface area contributed by atoms with Crippen LogP contribution in [-0.2, 0) is 0 Å². The lowest BCUT2D eigenvalue weighted by atomic mass is 10.3. The van der Waals surface area contributed by atoms with Crippen LogP contribution in [0.1, 0.15) is 0 Å². The minimum absolute atomic E-state index is 0.503. The summed E-state index contributed by atoms with van der Waals surface area (Å²) in [5, 5.41) is 7.44. The average molecular weight is 348 g/mol. The maximum Gasteiger partial charge on any atom is 0.243 e. The number of rotatable bonds is 5. The van der Waals surface area contributed by atoms with E-state index in [-0.39, 0.29) is 0 Å². The second kappa shape index (κ2) is 6.01. The minimum atomic E-state index is 0.503. The number of pyridine rings is 1. The quantitative estimate of drug-likeness (QED) is 0.547. The summed E-state index contributed by atoms with van der Waals surface area (Å²) in [6.45, 7) is 1.11. The molecule has 0 fully saturated rings. The highest BCUT2D eigenvalue weighted by Crippen LogP contribution is 2.14. The first kappa shape index (κ1) is 13.7. The number of nitrogens with zero attached hydrogens (tertiary/aromatic N) is 3. The number of anilines is 2. The second-order valence-corrected chi connectivity index (χ2v) is 5.35. The fourth-order valence-electron chi connectivity index (χ4n) is 1.87. The SMILES string of the molecule is Nc1cccc(OCCNc2nc3ccc(Br)cn3n2)c1. The van der Waals surface area contributed by atoms with E-state index in [1.807, 2.05) is 36.5 Å². The van der Waals surface area contributed by atoms with Crippen molar-refractivity contribution in [2.75, 3.05) is 24.2 Å². The van der Waals surface area contributed by atoms with Crippen molar-refractivity contribution in [2.45, 2.75) is 0 Å². The number of nitrogen functional groups attached to an aromatic ring is 1. The Labute approximate surface area is 130 Å². The van der Waals surface area contributed by atoms with E-state index in [0.717, 1.165) is 15.9 Å². The first-order valence-electron chi connectivity index (χ1n) is 6.45. The Morgan fingerprint density at radius 3 is 3.05 bits per heavy atom. The van der Waals surface area contributed by atoms with Crippen LogP contribution in [0.25, 0.3) is 5.65 Å². The molecule has 3 aromatic rings. The number of benzene rings is 1. The van der Waals surface area contributed by atoms with E-state index in [0.29, 0.717) is 24.8 Å². The Hall–Kier alpha value is -2.28. The van der Waals surface area contributed by atoms with Crippen molar-refractivity contribution in [3.05, 3.63) is 47.1 Å². The van der Waals surface area contributed by atoms with E-state index in [1.54, 1.807) is 10.6 Å². The molecule has 21 heavy (non-hydrogen) atoms. The molecule has 108 valence electrons. The molecule has 2 aromatic heterocycles. The van der Waals surface area contributed by atoms with E-state index in [4.69, 9.17) is 10.5 Å². The van der Waals surface area contributed by atoms with Gasteiger partial charge in [0.05, 0.1) is 6.54 Å². The van der Waals surface area contributed by atoms with E-state index in [9.17, 15) is 0 Å². The Bertz CT molecular complexity index is 758. The number of nitrogens with two attached hydrogens (primary N) is 1. The molecule has 2 heterocycles. The summed E-state index contributed by atoms with van der Waals surface area (Å²) < 4.78 is 8.26. The summed E-state index contributed by atoms with van der Waals surface area (Å²) in [7, 11) is 0. The van der Waals surface area contributed by atoms with Gasteiger partial charge in [0.25, 0.3) is 0 Å². The summed E-state index contributed by atoms with van der Waals surface area (Å²) in [6, 6.07) is 11.2. The second-order valence-electron chi connectivity index (χ2n) is 4.43. The normalized spacial score (nSPS) is 10.7. The first-order chi connectivity index (χ1) is 10.2. The van der Waals surface area contributed by atoms with Crippen molar-refractivity contribution in [2.24, 2.45) is 0 Å². The smallest absolute Gasteiger partial charge is 0.243 e. The van der Waals surface area contributed by atoms with Gasteiger partial charge in [-0.1, -0.05) is 6.07 Å². The fraction of sp³-hybridized carbons (Fsp3) is 0.143. The highest BCUT2D eigenvalue weighted by molar-refractivity contribution is 9.10. The van der Waals surface area contributed by atoms with Gasteiger partial charge in [0.2, 0.25) is 5.95 Å². The summed E-state index contributed by atoms with van der Waals surface area (Å²) in [4.78, 5) is 4.36. The zero-order chi connectivity index (χ0) is 14.7. The Kier molecular flexibility index (Phi) is 3.92. The summed E-state index contributed by atoms with van der Waals surface area (Å²) >= 11 is 3.40. The lowest BCUT2D eigenvalue weighted by Crippen LogP contribution is -2.12. The van der Waals surface area contributed by atoms with Crippen molar-refractivity contribution >= 4 is 33.2 Å². The average Bonchev–Trinajstić information content (AvgIpc) is 2.85. The van der Waals surface area contributed by atoms with Gasteiger partial charge in [-0.05, 0) is 40.2 Å². The van der Waals surface area contributed by atoms with Gasteiger partial charge in [0, 0.05) is 22.4 Å². The zero-order valence-corrected chi connectivity index (χ0v) is 12.7. The van der Waals surface area contributed by atoms with E-state index < -0.39 is 0 Å². The molecule has 3 rings (SSSR count). The highest BCUT2D eigenvalue weighted by Gasteiger charge is 2.03. The first-order valence-corrected chi connectivity index (χ1v) is 7.24. The number of hydrogen-bond acceptors (Lipinski definition) is 5. The van der Waals surface area contributed by atoms with Gasteiger partial charge in [-0.25, -0.2) is 4.52 Å². The Morgan fingerprint density at radius 1 is 1.29 bits per heavy atom. The molecule has 7 heteroatoms. The maximum absolute atomic E-state index is 5.69. The molecule has 1 aromatic carbocycles. The Balaban J connectivity index is 1.54. The molecule has 3 N–H and O–H groups in total. The molecule has 0 atom stereocenters. The van der Waals surface area contributed by atoms with Crippen molar-refractivity contribution in [1.82, 2.24) is 14.6 Å². The van der Waals surface area contributed by atoms with Crippen molar-refractivity contribution in [3.63, 3.8) is 0 Å². The predicted octanol–water partition coefficient (Wildman–Crippen LogP) is 2.56. The predicted molar refractivity (Wildman–Crippen MR) is 85.5 cm³/mol. The van der Waals surface area contributed by atoms with Crippen LogP contribution in [0.3, 0.4) is 0 Å². The lowest BCUT2D eigenvalue weighted by molar-refractivity contribution is 0.333. The Morgan fingerprint density at radius 2 is 2.19 bits per heavy atom. The number of fused-ring (bicyclic) bond motifs is 1. The van der Waals surface area contributed by atoms with Crippen molar-refractivity contribution < 1.29 is 4.74 Å². The molecule has 0 bridgehead atoms. The number of halogens is 1. The highest BCUT2D eigenvalue weighted by atomic mass is 79.9. The fourth-order valence-corrected chi connectivity index (χ4v) is 2.20. The molecule has 0 aliphatic rings. The van der Waals surface area contributed by atoms with Crippen LogP contribution < -0.4 is 15.8 Å². The molecule has 0 radical (unpaired) electrons. The molecular formula is C14H14BrN5O. The largest absolute Gasteiger partial charge is 0.492 e. The number of ether oxygens (including phenoxy) is 1. The topological polar surface area (TPSA) is 77.5 Å². The van der Waals surface area contributed by atoms with E-state index >= 15 is 0 Å². The summed E-state index contributed by atoms with van der Waals surface area (Å²) in [5.41, 5.74) is 7.16. The van der Waals surface area contributed by atoms with Gasteiger partial charge in [-0.2, -0.15) is 4.98 Å². The molecular weight excluding hydrogens is 334 g/mol. The number of aromatic nitrogens is 3. The summed E-state index contributed by atoms with van der Waals surface area (Å²) in [5.74, 6) is 1.33. The van der Waals surface area contributed by atoms with Crippen LogP contribution in [0.5, 0.6) is 5.75 Å². The van der Waals surface area contributed by atoms with E-state index in [2.05, 4.69) is 31.3 Å². The number of nitrogens with one attached hydrogen (secondary N) is 1. The van der Waals surface area contributed by atoms with Gasteiger partial charge >= 0.3 is 0 Å². The maximum atomic E-state index is 5.69. The van der Waals surface area contributed by atoms with E-state index in [1.165, 1.54) is 0 Å². The molecule has 0 amide bonds. The third-order valence-electron chi connectivity index (χ3n) is 2.81. The molecule has 0 aliphatic carbocycles. The lowest BCUT2D eigenvalue weighted by Gasteiger charge is -2.06. The molecule has 0 spiro atoms. The zero-order valence-electron chi connectivity index (χ0n) is 11.2. The standard InChI is InChI=1S/C14H14BrN5O/c15-10-4-5-13-18-14(19-20(13)9-10)17-6-7-21-12-3-1-2-11(16)8-12/h1-5,8-9H,6-7,16H2,(H,17,19). The molecule has 0 unspecified atom stereocenters. The van der Waals surface area contributed by atoms with Crippen LogP contribution in [0.15, 0.2) is 47.1 Å². The van der Waals surface area contributed by atoms with Crippen LogP contribution in [0.4, 0.5) is 11.6 Å². The molecule has 6 nitrogen and oxygen atoms in total. The minimum Gasteiger partial charge on any atom is -0.492 e. The van der Waals surface area contributed by atoms with Crippen molar-refractivity contribution in [1.29, 1.82) is 0 Å². The van der Waals surface area contributed by atoms with Gasteiger partial charge < -0.3 is 15.8 Å². The number of hydrogen-bond donors (Lipinski definition) is 2. The van der Waals surface area contributed by atoms with Crippen LogP contribution in [0, 0.1) is 0 Å². The summed E-state index contributed by atoms with van der Waals surface area (Å²) in [6.07, 6.45) is 1.86. The third-order valence-corrected chi connectivity index (χ3v) is 3.28. The molecule has 0 saturated carbocycles. The third kappa shape index (κ3) is 3.43. The molecule has 0 saturated heterocycles. The van der Waals surface area contributed by atoms with Crippen LogP contribution in [0.2, 0.25) is 0 Å². The van der Waals surface area contributed by atoms with Gasteiger partial charge in [-0.15, -0.1) is 5.10 Å².